The predicted molar refractivity (Wildman–Crippen MR) is 114 cm³/mol. The number of aryl methyl sites for hydroxylation is 2. The highest BCUT2D eigenvalue weighted by Gasteiger charge is 2.26. The monoisotopic (exact) mass is 389 g/mol. The van der Waals surface area contributed by atoms with Gasteiger partial charge in [-0.25, -0.2) is 0 Å². The first-order valence-corrected chi connectivity index (χ1v) is 10.1. The highest BCUT2D eigenvalue weighted by molar-refractivity contribution is 5.99. The van der Waals surface area contributed by atoms with Crippen molar-refractivity contribution in [1.82, 2.24) is 14.7 Å². The largest absolute Gasteiger partial charge is 0.375 e. The molecule has 0 bridgehead atoms. The molecule has 1 amide bonds. The number of aromatic nitrogens is 2. The maximum atomic E-state index is 13.3. The first-order chi connectivity index (χ1) is 14.0. The van der Waals surface area contributed by atoms with Gasteiger partial charge in [0.2, 0.25) is 0 Å². The van der Waals surface area contributed by atoms with Crippen molar-refractivity contribution >= 4 is 5.91 Å². The van der Waals surface area contributed by atoms with Gasteiger partial charge in [0.1, 0.15) is 5.69 Å². The van der Waals surface area contributed by atoms with Crippen LogP contribution in [0.25, 0.3) is 11.3 Å². The van der Waals surface area contributed by atoms with Gasteiger partial charge in [-0.05, 0) is 26.3 Å². The number of carbonyl (C=O) groups excluding carboxylic acids is 1. The van der Waals surface area contributed by atoms with Gasteiger partial charge in [0, 0.05) is 24.8 Å². The summed E-state index contributed by atoms with van der Waals surface area (Å²) in [5.74, 6) is 0.0193. The van der Waals surface area contributed by atoms with E-state index in [1.807, 2.05) is 34.8 Å². The van der Waals surface area contributed by atoms with Gasteiger partial charge >= 0.3 is 0 Å². The van der Waals surface area contributed by atoms with E-state index in [1.165, 1.54) is 11.1 Å². The van der Waals surface area contributed by atoms with Crippen LogP contribution in [0.1, 0.15) is 34.0 Å². The molecule has 3 aromatic rings. The number of nitrogens with zero attached hydrogens (tertiary/aromatic N) is 3. The molecule has 150 valence electrons. The van der Waals surface area contributed by atoms with Crippen molar-refractivity contribution in [3.63, 3.8) is 0 Å². The van der Waals surface area contributed by atoms with Crippen LogP contribution in [0.4, 0.5) is 0 Å². The van der Waals surface area contributed by atoms with Crippen molar-refractivity contribution < 1.29 is 9.53 Å². The van der Waals surface area contributed by atoms with Crippen molar-refractivity contribution in [2.24, 2.45) is 0 Å². The second-order valence-corrected chi connectivity index (χ2v) is 7.87. The van der Waals surface area contributed by atoms with Crippen molar-refractivity contribution in [3.8, 4) is 11.3 Å². The number of amides is 1. The lowest BCUT2D eigenvalue weighted by Gasteiger charge is -2.31. The average molecular weight is 389 g/mol. The zero-order valence-corrected chi connectivity index (χ0v) is 17.3. The topological polar surface area (TPSA) is 47.4 Å². The van der Waals surface area contributed by atoms with E-state index in [0.717, 1.165) is 16.8 Å². The summed E-state index contributed by atoms with van der Waals surface area (Å²) in [4.78, 5) is 15.2. The van der Waals surface area contributed by atoms with Crippen molar-refractivity contribution in [2.75, 3.05) is 19.7 Å². The molecule has 1 aromatic heterocycles. The first kappa shape index (κ1) is 19.4. The van der Waals surface area contributed by atoms with Crippen LogP contribution in [0, 0.1) is 13.8 Å². The smallest absolute Gasteiger partial charge is 0.257 e. The molecule has 0 aliphatic carbocycles. The Labute approximate surface area is 171 Å². The van der Waals surface area contributed by atoms with E-state index in [2.05, 4.69) is 50.2 Å². The lowest BCUT2D eigenvalue weighted by Crippen LogP contribution is -2.44. The van der Waals surface area contributed by atoms with Gasteiger partial charge in [0.15, 0.2) is 0 Å². The number of hydrogen-bond donors (Lipinski definition) is 0. The molecular formula is C24H27N3O2. The van der Waals surface area contributed by atoms with E-state index in [4.69, 9.17) is 9.84 Å². The molecule has 0 radical (unpaired) electrons. The highest BCUT2D eigenvalue weighted by Crippen LogP contribution is 2.25. The molecule has 4 rings (SSSR count). The van der Waals surface area contributed by atoms with Crippen LogP contribution in [0.2, 0.25) is 0 Å². The molecule has 1 aliphatic heterocycles. The van der Waals surface area contributed by atoms with Crippen LogP contribution in [-0.2, 0) is 11.3 Å². The standard InChI is InChI=1S/C24H27N3O2/c1-17-4-8-20(9-5-17)15-27-16-22(24(28)26-12-13-29-19(3)14-26)23(25-27)21-10-6-18(2)7-11-21/h4-11,16,19H,12-15H2,1-3H3/t19-/m1/s1. The number of ether oxygens (including phenoxy) is 1. The second kappa shape index (κ2) is 8.21. The van der Waals surface area contributed by atoms with Crippen LogP contribution in [0.5, 0.6) is 0 Å². The van der Waals surface area contributed by atoms with E-state index in [0.29, 0.717) is 31.8 Å². The third-order valence-electron chi connectivity index (χ3n) is 5.31. The van der Waals surface area contributed by atoms with Crippen molar-refractivity contribution in [1.29, 1.82) is 0 Å². The molecule has 1 atom stereocenters. The van der Waals surface area contributed by atoms with Gasteiger partial charge in [0.25, 0.3) is 5.91 Å². The van der Waals surface area contributed by atoms with Gasteiger partial charge in [-0.3, -0.25) is 9.48 Å². The fraction of sp³-hybridized carbons (Fsp3) is 0.333. The Kier molecular flexibility index (Phi) is 5.49. The lowest BCUT2D eigenvalue weighted by molar-refractivity contribution is -0.0123. The molecule has 5 heteroatoms. The second-order valence-electron chi connectivity index (χ2n) is 7.87. The molecule has 2 aromatic carbocycles. The van der Waals surface area contributed by atoms with Gasteiger partial charge < -0.3 is 9.64 Å². The summed E-state index contributed by atoms with van der Waals surface area (Å²) in [5, 5.41) is 4.80. The number of benzene rings is 2. The van der Waals surface area contributed by atoms with Crippen LogP contribution < -0.4 is 0 Å². The molecule has 1 fully saturated rings. The minimum absolute atomic E-state index is 0.0193. The number of rotatable bonds is 4. The van der Waals surface area contributed by atoms with Gasteiger partial charge in [-0.1, -0.05) is 59.7 Å². The fourth-order valence-corrected chi connectivity index (χ4v) is 3.64. The van der Waals surface area contributed by atoms with Gasteiger partial charge in [-0.2, -0.15) is 5.10 Å². The van der Waals surface area contributed by atoms with E-state index < -0.39 is 0 Å². The summed E-state index contributed by atoms with van der Waals surface area (Å²) >= 11 is 0. The Morgan fingerprint density at radius 1 is 1.07 bits per heavy atom. The SMILES string of the molecule is Cc1ccc(Cn2cc(C(=O)N3CCO[C@H](C)C3)c(-c3ccc(C)cc3)n2)cc1. The summed E-state index contributed by atoms with van der Waals surface area (Å²) in [6, 6.07) is 16.6. The van der Waals surface area contributed by atoms with Crippen LogP contribution in [0.3, 0.4) is 0 Å². The molecule has 5 nitrogen and oxygen atoms in total. The van der Waals surface area contributed by atoms with Crippen LogP contribution in [-0.4, -0.2) is 46.4 Å². The third kappa shape index (κ3) is 4.40. The Morgan fingerprint density at radius 2 is 1.72 bits per heavy atom. The molecule has 1 saturated heterocycles. The molecule has 0 spiro atoms. The maximum Gasteiger partial charge on any atom is 0.257 e. The maximum absolute atomic E-state index is 13.3. The lowest BCUT2D eigenvalue weighted by atomic mass is 10.1. The minimum Gasteiger partial charge on any atom is -0.375 e. The zero-order valence-electron chi connectivity index (χ0n) is 17.3. The van der Waals surface area contributed by atoms with E-state index in [1.54, 1.807) is 0 Å². The van der Waals surface area contributed by atoms with E-state index in [9.17, 15) is 4.79 Å². The molecule has 1 aliphatic rings. The van der Waals surface area contributed by atoms with Crippen molar-refractivity contribution in [2.45, 2.75) is 33.4 Å². The summed E-state index contributed by atoms with van der Waals surface area (Å²) in [5.41, 5.74) is 5.92. The van der Waals surface area contributed by atoms with Gasteiger partial charge in [-0.15, -0.1) is 0 Å². The summed E-state index contributed by atoms with van der Waals surface area (Å²) < 4.78 is 7.47. The highest BCUT2D eigenvalue weighted by atomic mass is 16.5. The molecule has 2 heterocycles. The molecule has 0 N–H and O–H groups in total. The van der Waals surface area contributed by atoms with E-state index in [-0.39, 0.29) is 12.0 Å². The quantitative estimate of drug-likeness (QED) is 0.676. The fourth-order valence-electron chi connectivity index (χ4n) is 3.64. The molecular weight excluding hydrogens is 362 g/mol. The van der Waals surface area contributed by atoms with Gasteiger partial charge in [0.05, 0.1) is 24.8 Å². The predicted octanol–water partition coefficient (Wildman–Crippen LogP) is 4.08. The summed E-state index contributed by atoms with van der Waals surface area (Å²) in [7, 11) is 0. The Morgan fingerprint density at radius 3 is 2.38 bits per heavy atom. The Balaban J connectivity index is 1.69. The first-order valence-electron chi connectivity index (χ1n) is 10.1. The summed E-state index contributed by atoms with van der Waals surface area (Å²) in [6.07, 6.45) is 1.94. The molecule has 29 heavy (non-hydrogen) atoms. The minimum atomic E-state index is 0.0193. The average Bonchev–Trinajstić information content (AvgIpc) is 3.13. The Hall–Kier alpha value is -2.92. The normalized spacial score (nSPS) is 16.8. The van der Waals surface area contributed by atoms with Crippen LogP contribution in [0.15, 0.2) is 54.7 Å². The van der Waals surface area contributed by atoms with Crippen LogP contribution >= 0.6 is 0 Å². The number of morpholine rings is 1. The molecule has 0 saturated carbocycles. The molecule has 0 unspecified atom stereocenters. The van der Waals surface area contributed by atoms with Crippen molar-refractivity contribution in [3.05, 3.63) is 77.0 Å². The van der Waals surface area contributed by atoms with E-state index >= 15 is 0 Å². The number of hydrogen-bond acceptors (Lipinski definition) is 3. The number of carbonyl (C=O) groups is 1. The Bertz CT molecular complexity index is 990. The zero-order chi connectivity index (χ0) is 20.4. The third-order valence-corrected chi connectivity index (χ3v) is 5.31. The summed E-state index contributed by atoms with van der Waals surface area (Å²) in [6.45, 7) is 8.56.